The zero-order chi connectivity index (χ0) is 19.2. The number of rotatable bonds is 6. The van der Waals surface area contributed by atoms with Crippen molar-refractivity contribution < 1.29 is 9.18 Å². The molecule has 0 unspecified atom stereocenters. The van der Waals surface area contributed by atoms with Gasteiger partial charge >= 0.3 is 0 Å². The van der Waals surface area contributed by atoms with Crippen LogP contribution in [0, 0.1) is 19.7 Å². The van der Waals surface area contributed by atoms with E-state index in [4.69, 9.17) is 0 Å². The Hall–Kier alpha value is -3.21. The molecule has 0 aliphatic heterocycles. The second-order valence-electron chi connectivity index (χ2n) is 6.44. The summed E-state index contributed by atoms with van der Waals surface area (Å²) in [6, 6.07) is 15.8. The molecule has 0 aliphatic rings. The van der Waals surface area contributed by atoms with Crippen molar-refractivity contribution in [1.29, 1.82) is 0 Å². The quantitative estimate of drug-likeness (QED) is 0.665. The Morgan fingerprint density at radius 2 is 1.81 bits per heavy atom. The predicted octanol–water partition coefficient (Wildman–Crippen LogP) is 4.74. The SMILES string of the molecule is Cc1cccc(NC(=O)c2ccc(NCCc3ccc(F)cc3)cn2)c1C. The first-order chi connectivity index (χ1) is 13.0. The average Bonchev–Trinajstić information content (AvgIpc) is 2.67. The molecule has 1 heterocycles. The van der Waals surface area contributed by atoms with E-state index in [0.717, 1.165) is 34.5 Å². The maximum Gasteiger partial charge on any atom is 0.274 e. The van der Waals surface area contributed by atoms with Gasteiger partial charge in [0.15, 0.2) is 0 Å². The number of amides is 1. The zero-order valence-electron chi connectivity index (χ0n) is 15.4. The van der Waals surface area contributed by atoms with Gasteiger partial charge in [0.25, 0.3) is 5.91 Å². The number of carbonyl (C=O) groups is 1. The van der Waals surface area contributed by atoms with Gasteiger partial charge in [-0.05, 0) is 67.3 Å². The smallest absolute Gasteiger partial charge is 0.274 e. The van der Waals surface area contributed by atoms with E-state index in [0.29, 0.717) is 12.2 Å². The first-order valence-corrected chi connectivity index (χ1v) is 8.85. The second kappa shape index (κ2) is 8.45. The van der Waals surface area contributed by atoms with Gasteiger partial charge in [-0.15, -0.1) is 0 Å². The summed E-state index contributed by atoms with van der Waals surface area (Å²) in [5.74, 6) is -0.466. The van der Waals surface area contributed by atoms with E-state index in [1.165, 1.54) is 12.1 Å². The summed E-state index contributed by atoms with van der Waals surface area (Å²) in [5, 5.41) is 6.16. The Morgan fingerprint density at radius 1 is 1.04 bits per heavy atom. The van der Waals surface area contributed by atoms with Gasteiger partial charge in [0.05, 0.1) is 11.9 Å². The molecule has 0 atom stereocenters. The minimum absolute atomic E-state index is 0.231. The number of nitrogens with zero attached hydrogens (tertiary/aromatic N) is 1. The Balaban J connectivity index is 1.55. The highest BCUT2D eigenvalue weighted by molar-refractivity contribution is 6.03. The molecular weight excluding hydrogens is 341 g/mol. The van der Waals surface area contributed by atoms with Crippen LogP contribution < -0.4 is 10.6 Å². The largest absolute Gasteiger partial charge is 0.383 e. The van der Waals surface area contributed by atoms with E-state index in [-0.39, 0.29) is 11.7 Å². The first kappa shape index (κ1) is 18.6. The number of benzene rings is 2. The topological polar surface area (TPSA) is 54.0 Å². The molecule has 3 aromatic rings. The van der Waals surface area contributed by atoms with Gasteiger partial charge in [-0.3, -0.25) is 4.79 Å². The highest BCUT2D eigenvalue weighted by Gasteiger charge is 2.10. The van der Waals surface area contributed by atoms with E-state index in [1.807, 2.05) is 38.1 Å². The fourth-order valence-corrected chi connectivity index (χ4v) is 2.71. The van der Waals surface area contributed by atoms with Crippen LogP contribution in [-0.2, 0) is 6.42 Å². The minimum atomic E-state index is -0.235. The number of aryl methyl sites for hydroxylation is 1. The minimum Gasteiger partial charge on any atom is -0.383 e. The number of nitrogens with one attached hydrogen (secondary N) is 2. The third kappa shape index (κ3) is 4.91. The molecule has 5 heteroatoms. The Kier molecular flexibility index (Phi) is 5.81. The van der Waals surface area contributed by atoms with Gasteiger partial charge in [0, 0.05) is 12.2 Å². The molecule has 0 aliphatic carbocycles. The van der Waals surface area contributed by atoms with E-state index < -0.39 is 0 Å². The third-order valence-corrected chi connectivity index (χ3v) is 4.51. The van der Waals surface area contributed by atoms with E-state index >= 15 is 0 Å². The predicted molar refractivity (Wildman–Crippen MR) is 107 cm³/mol. The Labute approximate surface area is 158 Å². The van der Waals surface area contributed by atoms with Crippen molar-refractivity contribution in [3.05, 3.63) is 89.0 Å². The normalized spacial score (nSPS) is 10.5. The van der Waals surface area contributed by atoms with E-state index in [9.17, 15) is 9.18 Å². The Bertz CT molecular complexity index is 921. The molecule has 1 amide bonds. The molecular formula is C22H22FN3O. The molecule has 2 aromatic carbocycles. The van der Waals surface area contributed by atoms with Gasteiger partial charge in [-0.2, -0.15) is 0 Å². The lowest BCUT2D eigenvalue weighted by atomic mass is 10.1. The summed E-state index contributed by atoms with van der Waals surface area (Å²) in [7, 11) is 0. The van der Waals surface area contributed by atoms with Crippen molar-refractivity contribution in [3.8, 4) is 0 Å². The summed E-state index contributed by atoms with van der Waals surface area (Å²) < 4.78 is 12.9. The maximum absolute atomic E-state index is 12.9. The maximum atomic E-state index is 12.9. The van der Waals surface area contributed by atoms with Gasteiger partial charge in [0.2, 0.25) is 0 Å². The third-order valence-electron chi connectivity index (χ3n) is 4.51. The lowest BCUT2D eigenvalue weighted by Crippen LogP contribution is -2.15. The van der Waals surface area contributed by atoms with Crippen molar-refractivity contribution in [1.82, 2.24) is 4.98 Å². The van der Waals surface area contributed by atoms with Crippen LogP contribution in [-0.4, -0.2) is 17.4 Å². The lowest BCUT2D eigenvalue weighted by molar-refractivity contribution is 0.102. The van der Waals surface area contributed by atoms with Crippen molar-refractivity contribution in [2.24, 2.45) is 0 Å². The van der Waals surface area contributed by atoms with Crippen molar-refractivity contribution in [2.75, 3.05) is 17.2 Å². The first-order valence-electron chi connectivity index (χ1n) is 8.85. The Morgan fingerprint density at radius 3 is 2.52 bits per heavy atom. The van der Waals surface area contributed by atoms with Gasteiger partial charge in [0.1, 0.15) is 11.5 Å². The fourth-order valence-electron chi connectivity index (χ4n) is 2.71. The summed E-state index contributed by atoms with van der Waals surface area (Å²) in [5.41, 5.74) is 5.22. The number of hydrogen-bond acceptors (Lipinski definition) is 3. The number of carbonyl (C=O) groups excluding carboxylic acids is 1. The number of anilines is 2. The summed E-state index contributed by atoms with van der Waals surface area (Å²) >= 11 is 0. The molecule has 0 spiro atoms. The van der Waals surface area contributed by atoms with Gasteiger partial charge < -0.3 is 10.6 Å². The summed E-state index contributed by atoms with van der Waals surface area (Å²) in [6.45, 7) is 4.68. The van der Waals surface area contributed by atoms with Crippen LogP contribution in [0.15, 0.2) is 60.8 Å². The lowest BCUT2D eigenvalue weighted by Gasteiger charge is -2.10. The molecule has 138 valence electrons. The summed E-state index contributed by atoms with van der Waals surface area (Å²) in [4.78, 5) is 16.6. The van der Waals surface area contributed by atoms with E-state index in [2.05, 4.69) is 15.6 Å². The molecule has 0 fully saturated rings. The van der Waals surface area contributed by atoms with E-state index in [1.54, 1.807) is 24.4 Å². The molecule has 2 N–H and O–H groups in total. The molecule has 27 heavy (non-hydrogen) atoms. The van der Waals surface area contributed by atoms with Crippen LogP contribution in [0.2, 0.25) is 0 Å². The van der Waals surface area contributed by atoms with Crippen LogP contribution in [0.5, 0.6) is 0 Å². The highest BCUT2D eigenvalue weighted by atomic mass is 19.1. The second-order valence-corrected chi connectivity index (χ2v) is 6.44. The zero-order valence-corrected chi connectivity index (χ0v) is 15.4. The molecule has 0 radical (unpaired) electrons. The number of pyridine rings is 1. The standard InChI is InChI=1S/C22H22FN3O/c1-15-4-3-5-20(16(15)2)26-22(27)21-11-10-19(14-25-21)24-13-12-17-6-8-18(23)9-7-17/h3-11,14,24H,12-13H2,1-2H3,(H,26,27). The van der Waals surface area contributed by atoms with Crippen LogP contribution in [0.25, 0.3) is 0 Å². The van der Waals surface area contributed by atoms with Crippen molar-refractivity contribution in [2.45, 2.75) is 20.3 Å². The summed E-state index contributed by atoms with van der Waals surface area (Å²) in [6.07, 6.45) is 2.41. The monoisotopic (exact) mass is 363 g/mol. The highest BCUT2D eigenvalue weighted by Crippen LogP contribution is 2.19. The molecule has 4 nitrogen and oxygen atoms in total. The molecule has 0 saturated heterocycles. The van der Waals surface area contributed by atoms with Crippen LogP contribution in [0.1, 0.15) is 27.2 Å². The fraction of sp³-hybridized carbons (Fsp3) is 0.182. The van der Waals surface area contributed by atoms with Crippen LogP contribution in [0.4, 0.5) is 15.8 Å². The average molecular weight is 363 g/mol. The number of halogens is 1. The van der Waals surface area contributed by atoms with Crippen molar-refractivity contribution >= 4 is 17.3 Å². The van der Waals surface area contributed by atoms with Crippen LogP contribution in [0.3, 0.4) is 0 Å². The molecule has 0 saturated carbocycles. The van der Waals surface area contributed by atoms with Gasteiger partial charge in [-0.25, -0.2) is 9.37 Å². The van der Waals surface area contributed by atoms with Crippen LogP contribution >= 0.6 is 0 Å². The molecule has 0 bridgehead atoms. The molecule has 1 aromatic heterocycles. The molecule has 3 rings (SSSR count). The van der Waals surface area contributed by atoms with Gasteiger partial charge in [-0.1, -0.05) is 24.3 Å². The van der Waals surface area contributed by atoms with Crippen molar-refractivity contribution in [3.63, 3.8) is 0 Å². The number of hydrogen-bond donors (Lipinski definition) is 2. The number of aromatic nitrogens is 1.